The average Bonchev–Trinajstić information content (AvgIpc) is 2.70. The number of nitroso groups, excluding NO2 is 1. The number of carbonyl (C=O) groups excluding carboxylic acids is 2. The second-order valence-electron chi connectivity index (χ2n) is 4.58. The molecule has 1 aliphatic heterocycles. The maximum atomic E-state index is 11.9. The van der Waals surface area contributed by atoms with E-state index in [-0.39, 0.29) is 18.9 Å². The first-order valence-corrected chi connectivity index (χ1v) is 5.78. The molecule has 1 saturated heterocycles. The number of anilines is 1. The Morgan fingerprint density at radius 1 is 1.33 bits per heavy atom. The summed E-state index contributed by atoms with van der Waals surface area (Å²) in [4.78, 5) is 35.0. The Hall–Kier alpha value is -2.04. The van der Waals surface area contributed by atoms with E-state index in [2.05, 4.69) is 5.18 Å². The number of aryl methyl sites for hydroxylation is 2. The highest BCUT2D eigenvalue weighted by molar-refractivity contribution is 6.01. The molecule has 5 heteroatoms. The fourth-order valence-electron chi connectivity index (χ4n) is 2.40. The van der Waals surface area contributed by atoms with Crippen molar-refractivity contribution in [2.45, 2.75) is 20.3 Å². The zero-order valence-corrected chi connectivity index (χ0v) is 10.3. The summed E-state index contributed by atoms with van der Waals surface area (Å²) in [5, 5.41) is 2.41. The normalized spacial score (nSPS) is 19.1. The molecule has 18 heavy (non-hydrogen) atoms. The number of carbonyl (C=O) groups is 2. The standard InChI is InChI=1S/C13H14N2O3/c1-8-4-3-5-9(2)12(8)15-7-10(6-11(15)16)13(17)14-18/h3-5,10H,6-7H2,1-2H3. The van der Waals surface area contributed by atoms with E-state index in [1.54, 1.807) is 4.90 Å². The molecule has 1 atom stereocenters. The number of benzene rings is 1. The molecule has 0 aliphatic carbocycles. The van der Waals surface area contributed by atoms with Gasteiger partial charge in [-0.15, -0.1) is 4.91 Å². The van der Waals surface area contributed by atoms with Crippen LogP contribution in [-0.2, 0) is 9.59 Å². The summed E-state index contributed by atoms with van der Waals surface area (Å²) in [6.07, 6.45) is 0.0678. The van der Waals surface area contributed by atoms with E-state index in [0.717, 1.165) is 16.8 Å². The highest BCUT2D eigenvalue weighted by atomic mass is 16.3. The third kappa shape index (κ3) is 2.03. The van der Waals surface area contributed by atoms with Gasteiger partial charge in [0.25, 0.3) is 5.91 Å². The van der Waals surface area contributed by atoms with Crippen LogP contribution in [0.3, 0.4) is 0 Å². The van der Waals surface area contributed by atoms with Crippen LogP contribution in [0.5, 0.6) is 0 Å². The van der Waals surface area contributed by atoms with E-state index in [4.69, 9.17) is 0 Å². The highest BCUT2D eigenvalue weighted by Crippen LogP contribution is 2.31. The topological polar surface area (TPSA) is 66.8 Å². The van der Waals surface area contributed by atoms with Crippen molar-refractivity contribution in [2.75, 3.05) is 11.4 Å². The quantitative estimate of drug-likeness (QED) is 0.749. The zero-order chi connectivity index (χ0) is 13.3. The molecule has 2 rings (SSSR count). The molecule has 5 nitrogen and oxygen atoms in total. The highest BCUT2D eigenvalue weighted by Gasteiger charge is 2.36. The van der Waals surface area contributed by atoms with E-state index >= 15 is 0 Å². The molecule has 1 aliphatic rings. The van der Waals surface area contributed by atoms with Crippen molar-refractivity contribution in [1.82, 2.24) is 0 Å². The van der Waals surface area contributed by atoms with Gasteiger partial charge in [0.15, 0.2) is 0 Å². The van der Waals surface area contributed by atoms with Gasteiger partial charge in [0, 0.05) is 23.8 Å². The lowest BCUT2D eigenvalue weighted by molar-refractivity contribution is -0.123. The van der Waals surface area contributed by atoms with Crippen LogP contribution in [-0.4, -0.2) is 18.4 Å². The van der Waals surface area contributed by atoms with E-state index in [9.17, 15) is 14.5 Å². The molecule has 0 radical (unpaired) electrons. The van der Waals surface area contributed by atoms with Crippen molar-refractivity contribution < 1.29 is 9.59 Å². The van der Waals surface area contributed by atoms with Crippen LogP contribution >= 0.6 is 0 Å². The van der Waals surface area contributed by atoms with Crippen molar-refractivity contribution in [3.63, 3.8) is 0 Å². The van der Waals surface area contributed by atoms with E-state index in [0.29, 0.717) is 0 Å². The van der Waals surface area contributed by atoms with Gasteiger partial charge in [0.1, 0.15) is 0 Å². The van der Waals surface area contributed by atoms with Crippen LogP contribution in [0.1, 0.15) is 17.5 Å². The number of rotatable bonds is 2. The number of hydrogen-bond donors (Lipinski definition) is 0. The second kappa shape index (κ2) is 4.68. The smallest absolute Gasteiger partial charge is 0.291 e. The molecular formula is C13H14N2O3. The maximum absolute atomic E-state index is 11.9. The molecule has 94 valence electrons. The van der Waals surface area contributed by atoms with Gasteiger partial charge in [0.2, 0.25) is 5.91 Å². The third-order valence-corrected chi connectivity index (χ3v) is 3.27. The molecule has 1 aromatic rings. The molecule has 0 saturated carbocycles. The average molecular weight is 246 g/mol. The van der Waals surface area contributed by atoms with E-state index in [1.165, 1.54) is 0 Å². The van der Waals surface area contributed by atoms with Crippen LogP contribution in [0, 0.1) is 24.7 Å². The lowest BCUT2D eigenvalue weighted by atomic mass is 10.1. The van der Waals surface area contributed by atoms with Gasteiger partial charge in [-0.25, -0.2) is 0 Å². The van der Waals surface area contributed by atoms with Crippen LogP contribution in [0.25, 0.3) is 0 Å². The van der Waals surface area contributed by atoms with Gasteiger partial charge < -0.3 is 4.90 Å². The Labute approximate surface area is 105 Å². The summed E-state index contributed by atoms with van der Waals surface area (Å²) in [6, 6.07) is 5.76. The van der Waals surface area contributed by atoms with Gasteiger partial charge in [-0.1, -0.05) is 18.2 Å². The fraction of sp³-hybridized carbons (Fsp3) is 0.385. The Morgan fingerprint density at radius 3 is 2.50 bits per heavy atom. The predicted octanol–water partition coefficient (Wildman–Crippen LogP) is 1.95. The SMILES string of the molecule is Cc1cccc(C)c1N1CC(C(=O)N=O)CC1=O. The molecule has 0 aromatic heterocycles. The van der Waals surface area contributed by atoms with Crippen molar-refractivity contribution >= 4 is 17.5 Å². The molecule has 0 N–H and O–H groups in total. The molecule has 1 heterocycles. The molecule has 0 spiro atoms. The van der Waals surface area contributed by atoms with Gasteiger partial charge in [-0.05, 0) is 25.0 Å². The summed E-state index contributed by atoms with van der Waals surface area (Å²) in [7, 11) is 0. The molecule has 1 unspecified atom stereocenters. The third-order valence-electron chi connectivity index (χ3n) is 3.27. The first-order valence-electron chi connectivity index (χ1n) is 5.78. The van der Waals surface area contributed by atoms with Gasteiger partial charge in [-0.2, -0.15) is 0 Å². The fourth-order valence-corrected chi connectivity index (χ4v) is 2.40. The Kier molecular flexibility index (Phi) is 3.23. The van der Waals surface area contributed by atoms with Gasteiger partial charge in [-0.3, -0.25) is 9.59 Å². The van der Waals surface area contributed by atoms with Crippen LogP contribution < -0.4 is 4.90 Å². The summed E-state index contributed by atoms with van der Waals surface area (Å²) in [5.74, 6) is -1.47. The number of para-hydroxylation sites is 1. The summed E-state index contributed by atoms with van der Waals surface area (Å²) in [6.45, 7) is 4.08. The largest absolute Gasteiger partial charge is 0.311 e. The van der Waals surface area contributed by atoms with Crippen molar-refractivity contribution in [1.29, 1.82) is 0 Å². The Bertz CT molecular complexity index is 505. The van der Waals surface area contributed by atoms with Gasteiger partial charge >= 0.3 is 0 Å². The predicted molar refractivity (Wildman–Crippen MR) is 67.2 cm³/mol. The lowest BCUT2D eigenvalue weighted by Gasteiger charge is -2.21. The maximum Gasteiger partial charge on any atom is 0.291 e. The van der Waals surface area contributed by atoms with Crippen LogP contribution in [0.15, 0.2) is 23.4 Å². The molecule has 2 amide bonds. The Balaban J connectivity index is 2.33. The summed E-state index contributed by atoms with van der Waals surface area (Å²) in [5.41, 5.74) is 2.80. The molecule has 1 fully saturated rings. The number of amides is 2. The number of nitrogens with zero attached hydrogens (tertiary/aromatic N) is 2. The van der Waals surface area contributed by atoms with Crippen LogP contribution in [0.4, 0.5) is 5.69 Å². The minimum atomic E-state index is -0.739. The minimum Gasteiger partial charge on any atom is -0.311 e. The van der Waals surface area contributed by atoms with Crippen LogP contribution in [0.2, 0.25) is 0 Å². The zero-order valence-electron chi connectivity index (χ0n) is 10.3. The number of hydrogen-bond acceptors (Lipinski definition) is 3. The molecule has 1 aromatic carbocycles. The molecular weight excluding hydrogens is 232 g/mol. The summed E-state index contributed by atoms with van der Waals surface area (Å²) < 4.78 is 0. The van der Waals surface area contributed by atoms with E-state index in [1.807, 2.05) is 32.0 Å². The van der Waals surface area contributed by atoms with E-state index < -0.39 is 11.8 Å². The summed E-state index contributed by atoms with van der Waals surface area (Å²) >= 11 is 0. The first-order chi connectivity index (χ1) is 8.54. The first kappa shape index (κ1) is 12.4. The van der Waals surface area contributed by atoms with Crippen molar-refractivity contribution in [3.05, 3.63) is 34.2 Å². The monoisotopic (exact) mass is 246 g/mol. The van der Waals surface area contributed by atoms with Crippen molar-refractivity contribution in [3.8, 4) is 0 Å². The lowest BCUT2D eigenvalue weighted by Crippen LogP contribution is -2.27. The molecule has 0 bridgehead atoms. The second-order valence-corrected chi connectivity index (χ2v) is 4.58. The Morgan fingerprint density at radius 2 is 1.94 bits per heavy atom. The minimum absolute atomic E-state index is 0.0678. The van der Waals surface area contributed by atoms with Gasteiger partial charge in [0.05, 0.1) is 5.92 Å². The van der Waals surface area contributed by atoms with Crippen molar-refractivity contribution in [2.24, 2.45) is 11.1 Å².